The molecule has 54 heavy (non-hydrogen) atoms. The van der Waals surface area contributed by atoms with Crippen molar-refractivity contribution in [3.05, 3.63) is 10.4 Å². The number of carbonyl (C=O) groups is 1. The highest BCUT2D eigenvalue weighted by Gasteiger charge is 2.65. The van der Waals surface area contributed by atoms with Gasteiger partial charge >= 0.3 is 0 Å². The summed E-state index contributed by atoms with van der Waals surface area (Å²) in [7, 11) is 0. The number of hydrogen-bond donors (Lipinski definition) is 14. The molecule has 4 saturated heterocycles. The topological polar surface area (TPSA) is 405 Å². The van der Waals surface area contributed by atoms with Gasteiger partial charge in [-0.05, 0) is 12.0 Å². The van der Waals surface area contributed by atoms with Crippen LogP contribution in [0.3, 0.4) is 0 Å². The number of azide groups is 1. The first-order valence-corrected chi connectivity index (χ1v) is 17.0. The minimum absolute atomic E-state index is 0.0612. The molecule has 4 fully saturated rings. The van der Waals surface area contributed by atoms with Crippen LogP contribution in [0.2, 0.25) is 0 Å². The molecule has 4 aliphatic heterocycles. The van der Waals surface area contributed by atoms with E-state index in [1.807, 2.05) is 0 Å². The van der Waals surface area contributed by atoms with Crippen LogP contribution in [0, 0.1) is 0 Å². The molecule has 4 heterocycles. The predicted molar refractivity (Wildman–Crippen MR) is 168 cm³/mol. The van der Waals surface area contributed by atoms with Crippen LogP contribution in [-0.4, -0.2) is 234 Å². The van der Waals surface area contributed by atoms with E-state index in [0.29, 0.717) is 0 Å². The van der Waals surface area contributed by atoms with Gasteiger partial charge in [0.2, 0.25) is 5.91 Å². The van der Waals surface area contributed by atoms with E-state index < -0.39 is 154 Å². The minimum Gasteiger partial charge on any atom is -0.394 e. The fourth-order valence-electron chi connectivity index (χ4n) is 6.92. The van der Waals surface area contributed by atoms with Crippen LogP contribution in [-0.2, 0) is 38.0 Å². The molecule has 312 valence electrons. The number of aliphatic hydroxyl groups is 13. The summed E-state index contributed by atoms with van der Waals surface area (Å²) in [5.41, 5.74) is 5.55. The SMILES string of the molecule is CC(=O)N[C@@H]1[C@@H](O)[C@H](O[C@H]2[C@@H](O)[C@@H](CO)O[C@@H](O[C@H]3[C@H](O)[C@@H](O)[C@H](OCCCN=[N+]=[N-])O[C@@H]3CO)[C@@H]2O)O[C@H](CO)[C@]1(O)[C@@H]1O[C@H](CO)[C@H](O)[C@H](O)[C@H]1O. The molecule has 0 bridgehead atoms. The van der Waals surface area contributed by atoms with Gasteiger partial charge in [-0.2, -0.15) is 0 Å². The Kier molecular flexibility index (Phi) is 16.1. The lowest BCUT2D eigenvalue weighted by Crippen LogP contribution is -2.80. The summed E-state index contributed by atoms with van der Waals surface area (Å²) in [5.74, 6) is -0.894. The third-order valence-electron chi connectivity index (χ3n) is 9.78. The zero-order chi connectivity index (χ0) is 40.1. The Morgan fingerprint density at radius 3 is 1.89 bits per heavy atom. The van der Waals surface area contributed by atoms with Crippen molar-refractivity contribution >= 4 is 5.91 Å². The molecule has 25 nitrogen and oxygen atoms in total. The van der Waals surface area contributed by atoms with Gasteiger partial charge in [-0.15, -0.1) is 0 Å². The quantitative estimate of drug-likeness (QED) is 0.0317. The number of aliphatic hydroxyl groups excluding tert-OH is 12. The highest BCUT2D eigenvalue weighted by Crippen LogP contribution is 2.41. The van der Waals surface area contributed by atoms with Gasteiger partial charge in [0.1, 0.15) is 97.2 Å². The van der Waals surface area contributed by atoms with Crippen molar-refractivity contribution in [2.45, 2.75) is 135 Å². The zero-order valence-corrected chi connectivity index (χ0v) is 28.8. The number of amides is 1. The van der Waals surface area contributed by atoms with Crippen molar-refractivity contribution in [1.82, 2.24) is 5.32 Å². The van der Waals surface area contributed by atoms with E-state index in [-0.39, 0.29) is 19.6 Å². The first-order valence-electron chi connectivity index (χ1n) is 17.0. The molecule has 0 radical (unpaired) electrons. The molecular formula is C29H50N4O21. The lowest BCUT2D eigenvalue weighted by Gasteiger charge is -2.56. The summed E-state index contributed by atoms with van der Waals surface area (Å²) in [5, 5.41) is 145. The van der Waals surface area contributed by atoms with Crippen molar-refractivity contribution < 1.29 is 104 Å². The molecule has 4 rings (SSSR count). The molecule has 1 amide bonds. The molecule has 0 aliphatic carbocycles. The van der Waals surface area contributed by atoms with E-state index in [1.54, 1.807) is 0 Å². The van der Waals surface area contributed by atoms with Gasteiger partial charge in [0.15, 0.2) is 18.9 Å². The van der Waals surface area contributed by atoms with Crippen molar-refractivity contribution in [3.8, 4) is 0 Å². The van der Waals surface area contributed by atoms with Crippen LogP contribution < -0.4 is 5.32 Å². The third kappa shape index (κ3) is 9.07. The standard InChI is InChI=1S/C29H50N4O21/c1-9(38)32-24-21(46)28(52-13(8-37)29(24,47)25-18(43)16(41)14(39)10(5-34)49-25)54-23-15(40)11(6-35)50-27(20(23)45)53-22-12(7-36)51-26(19(44)17(22)42)48-4-2-3-31-33-30/h10-28,34-37,39-47H,2-8H2,1H3,(H,32,38)/t10-,11-,12-,13-,14+,15+,16+,17-,18-,19-,20-,21-,22-,23+,24-,25-,26-,27+,28+,29-/m1/s1. The normalized spacial score (nSPS) is 47.1. The Morgan fingerprint density at radius 1 is 0.704 bits per heavy atom. The maximum atomic E-state index is 12.3. The second-order valence-corrected chi connectivity index (χ2v) is 13.3. The first-order chi connectivity index (χ1) is 25.6. The smallest absolute Gasteiger partial charge is 0.217 e. The summed E-state index contributed by atoms with van der Waals surface area (Å²) in [4.78, 5) is 14.9. The van der Waals surface area contributed by atoms with Gasteiger partial charge in [0.05, 0.1) is 32.5 Å². The highest BCUT2D eigenvalue weighted by molar-refractivity contribution is 5.73. The monoisotopic (exact) mass is 790 g/mol. The number of ether oxygens (including phenoxy) is 7. The van der Waals surface area contributed by atoms with E-state index in [0.717, 1.165) is 6.92 Å². The lowest BCUT2D eigenvalue weighted by atomic mass is 9.73. The average molecular weight is 791 g/mol. The largest absolute Gasteiger partial charge is 0.394 e. The van der Waals surface area contributed by atoms with Crippen LogP contribution in [0.1, 0.15) is 13.3 Å². The van der Waals surface area contributed by atoms with Gasteiger partial charge < -0.3 is 105 Å². The number of rotatable bonds is 15. The lowest BCUT2D eigenvalue weighted by molar-refractivity contribution is -0.389. The molecule has 4 aliphatic rings. The number of carbonyl (C=O) groups excluding carboxylic acids is 1. The van der Waals surface area contributed by atoms with Crippen LogP contribution in [0.5, 0.6) is 0 Å². The Labute approximate surface area is 306 Å². The molecule has 0 aromatic carbocycles. The fourth-order valence-corrected chi connectivity index (χ4v) is 6.92. The average Bonchev–Trinajstić information content (AvgIpc) is 3.15. The Balaban J connectivity index is 1.56. The van der Waals surface area contributed by atoms with E-state index in [9.17, 15) is 71.2 Å². The van der Waals surface area contributed by atoms with Crippen molar-refractivity contribution in [2.75, 3.05) is 39.6 Å². The first kappa shape index (κ1) is 44.7. The molecular weight excluding hydrogens is 740 g/mol. The molecule has 0 spiro atoms. The predicted octanol–water partition coefficient (Wildman–Crippen LogP) is -8.49. The molecule has 0 unspecified atom stereocenters. The molecule has 0 aromatic heterocycles. The highest BCUT2D eigenvalue weighted by atomic mass is 16.8. The number of hydrogen-bond acceptors (Lipinski definition) is 22. The summed E-state index contributed by atoms with van der Waals surface area (Å²) in [6.07, 6.45) is -33.5. The van der Waals surface area contributed by atoms with E-state index in [2.05, 4.69) is 15.3 Å². The molecule has 0 saturated carbocycles. The van der Waals surface area contributed by atoms with E-state index in [4.69, 9.17) is 38.7 Å². The van der Waals surface area contributed by atoms with Crippen LogP contribution in [0.15, 0.2) is 5.11 Å². The molecule has 20 atom stereocenters. The van der Waals surface area contributed by atoms with Gasteiger partial charge in [0.25, 0.3) is 0 Å². The van der Waals surface area contributed by atoms with E-state index >= 15 is 0 Å². The Morgan fingerprint density at radius 2 is 1.30 bits per heavy atom. The van der Waals surface area contributed by atoms with Gasteiger partial charge in [-0.25, -0.2) is 0 Å². The maximum Gasteiger partial charge on any atom is 0.217 e. The van der Waals surface area contributed by atoms with Gasteiger partial charge in [-0.1, -0.05) is 5.11 Å². The van der Waals surface area contributed by atoms with Crippen molar-refractivity contribution in [3.63, 3.8) is 0 Å². The summed E-state index contributed by atoms with van der Waals surface area (Å²) in [6.45, 7) is -2.88. The van der Waals surface area contributed by atoms with Crippen LogP contribution >= 0.6 is 0 Å². The summed E-state index contributed by atoms with van der Waals surface area (Å²) >= 11 is 0. The fraction of sp³-hybridized carbons (Fsp3) is 0.966. The number of nitrogens with one attached hydrogen (secondary N) is 1. The van der Waals surface area contributed by atoms with Crippen molar-refractivity contribution in [2.24, 2.45) is 5.11 Å². The summed E-state index contributed by atoms with van der Waals surface area (Å²) in [6, 6.07) is -2.00. The summed E-state index contributed by atoms with van der Waals surface area (Å²) < 4.78 is 39.0. The van der Waals surface area contributed by atoms with Gasteiger partial charge in [-0.3, -0.25) is 4.79 Å². The third-order valence-corrected chi connectivity index (χ3v) is 9.78. The van der Waals surface area contributed by atoms with Crippen LogP contribution in [0.4, 0.5) is 0 Å². The second kappa shape index (κ2) is 19.4. The van der Waals surface area contributed by atoms with Crippen molar-refractivity contribution in [1.29, 1.82) is 0 Å². The van der Waals surface area contributed by atoms with Crippen LogP contribution in [0.25, 0.3) is 10.4 Å². The van der Waals surface area contributed by atoms with Gasteiger partial charge in [0, 0.05) is 25.0 Å². The molecule has 0 aromatic rings. The molecule has 14 N–H and O–H groups in total. The minimum atomic E-state index is -2.84. The van der Waals surface area contributed by atoms with E-state index in [1.165, 1.54) is 0 Å². The number of nitrogens with zero attached hydrogens (tertiary/aromatic N) is 3. The Bertz CT molecular complexity index is 1250. The zero-order valence-electron chi connectivity index (χ0n) is 28.8. The second-order valence-electron chi connectivity index (χ2n) is 13.3. The Hall–Kier alpha value is -2.02. The maximum absolute atomic E-state index is 12.3. The molecule has 25 heteroatoms.